The summed E-state index contributed by atoms with van der Waals surface area (Å²) in [6.45, 7) is 1.32. The molecule has 2 aromatic rings. The lowest BCUT2D eigenvalue weighted by atomic mass is 9.97. The van der Waals surface area contributed by atoms with Crippen molar-refractivity contribution in [3.8, 4) is 0 Å². The summed E-state index contributed by atoms with van der Waals surface area (Å²) < 4.78 is 7.68. The number of hydrogen-bond acceptors (Lipinski definition) is 6. The van der Waals surface area contributed by atoms with Crippen molar-refractivity contribution in [2.75, 3.05) is 6.61 Å². The van der Waals surface area contributed by atoms with Gasteiger partial charge in [0.05, 0.1) is 23.3 Å². The van der Waals surface area contributed by atoms with Crippen LogP contribution in [0.2, 0.25) is 0 Å². The Morgan fingerprint density at radius 2 is 1.90 bits per heavy atom. The Morgan fingerprint density at radius 3 is 2.76 bits per heavy atom. The highest BCUT2D eigenvalue weighted by Gasteiger charge is 2.28. The van der Waals surface area contributed by atoms with Gasteiger partial charge in [-0.1, -0.05) is 24.6 Å². The van der Waals surface area contributed by atoms with E-state index >= 15 is 0 Å². The van der Waals surface area contributed by atoms with Gasteiger partial charge in [-0.05, 0) is 56.9 Å². The van der Waals surface area contributed by atoms with Crippen LogP contribution in [0.5, 0.6) is 0 Å². The van der Waals surface area contributed by atoms with Gasteiger partial charge in [-0.3, -0.25) is 14.2 Å². The summed E-state index contributed by atoms with van der Waals surface area (Å²) in [6.07, 6.45) is 11.2. The molecule has 5 rings (SSSR count). The lowest BCUT2D eigenvalue weighted by molar-refractivity contribution is -0.118. The quantitative estimate of drug-likeness (QED) is 0.525. The van der Waals surface area contributed by atoms with Gasteiger partial charge in [0.1, 0.15) is 10.6 Å². The zero-order valence-electron chi connectivity index (χ0n) is 16.8. The van der Waals surface area contributed by atoms with E-state index in [-0.39, 0.29) is 16.9 Å². The summed E-state index contributed by atoms with van der Waals surface area (Å²) in [6, 6.07) is 0. The molecule has 1 aliphatic heterocycles. The van der Waals surface area contributed by atoms with E-state index < -0.39 is 0 Å². The fraction of sp³-hybridized carbons (Fsp3) is 0.682. The van der Waals surface area contributed by atoms with Gasteiger partial charge in [-0.15, -0.1) is 11.3 Å². The second kappa shape index (κ2) is 8.52. The summed E-state index contributed by atoms with van der Waals surface area (Å²) in [7, 11) is 0. The minimum Gasteiger partial charge on any atom is -0.376 e. The Labute approximate surface area is 179 Å². The third-order valence-corrected chi connectivity index (χ3v) is 8.94. The number of nitrogens with zero attached hydrogens (tertiary/aromatic N) is 2. The summed E-state index contributed by atoms with van der Waals surface area (Å²) in [5.41, 5.74) is 1.31. The summed E-state index contributed by atoms with van der Waals surface area (Å²) in [5.74, 6) is 0.316. The first-order valence-corrected chi connectivity index (χ1v) is 12.8. The van der Waals surface area contributed by atoms with Gasteiger partial charge in [0.25, 0.3) is 5.56 Å². The van der Waals surface area contributed by atoms with Crippen molar-refractivity contribution in [3.63, 3.8) is 0 Å². The maximum atomic E-state index is 13.6. The lowest BCUT2D eigenvalue weighted by Gasteiger charge is -2.19. The topological polar surface area (TPSA) is 61.2 Å². The molecule has 0 radical (unpaired) electrons. The average molecular weight is 433 g/mol. The van der Waals surface area contributed by atoms with Gasteiger partial charge in [-0.2, -0.15) is 0 Å². The Kier molecular flexibility index (Phi) is 5.80. The number of carbonyl (C=O) groups excluding carboxylic acids is 1. The van der Waals surface area contributed by atoms with Crippen molar-refractivity contribution in [2.24, 2.45) is 0 Å². The van der Waals surface area contributed by atoms with Gasteiger partial charge in [-0.25, -0.2) is 4.98 Å². The molecule has 29 heavy (non-hydrogen) atoms. The van der Waals surface area contributed by atoms with Crippen molar-refractivity contribution < 1.29 is 9.53 Å². The first-order chi connectivity index (χ1) is 14.2. The molecule has 0 aromatic carbocycles. The fourth-order valence-electron chi connectivity index (χ4n) is 4.84. The molecule has 2 fully saturated rings. The van der Waals surface area contributed by atoms with Crippen LogP contribution in [0.4, 0.5) is 0 Å². The van der Waals surface area contributed by atoms with Crippen LogP contribution >= 0.6 is 23.1 Å². The predicted octanol–water partition coefficient (Wildman–Crippen LogP) is 4.51. The molecule has 2 aliphatic carbocycles. The van der Waals surface area contributed by atoms with Gasteiger partial charge in [0, 0.05) is 17.9 Å². The van der Waals surface area contributed by atoms with Crippen LogP contribution in [0.3, 0.4) is 0 Å². The number of hydrogen-bond donors (Lipinski definition) is 0. The maximum absolute atomic E-state index is 13.6. The zero-order valence-corrected chi connectivity index (χ0v) is 18.4. The van der Waals surface area contributed by atoms with Crippen LogP contribution in [0.25, 0.3) is 10.2 Å². The molecule has 3 aliphatic rings. The van der Waals surface area contributed by atoms with Crippen LogP contribution in [-0.2, 0) is 28.9 Å². The van der Waals surface area contributed by atoms with E-state index in [0.717, 1.165) is 79.8 Å². The Hall–Kier alpha value is -1.18. The molecule has 1 saturated carbocycles. The minimum atomic E-state index is -0.0767. The van der Waals surface area contributed by atoms with Crippen molar-refractivity contribution in [1.29, 1.82) is 0 Å². The van der Waals surface area contributed by atoms with Crippen molar-refractivity contribution in [2.45, 2.75) is 93.7 Å². The molecule has 1 saturated heterocycles. The maximum Gasteiger partial charge on any atom is 0.263 e. The summed E-state index contributed by atoms with van der Waals surface area (Å²) in [4.78, 5) is 33.4. The number of ketones is 1. The number of aryl methyl sites for hydroxylation is 2. The monoisotopic (exact) mass is 432 g/mol. The molecular formula is C22H28N2O3S2. The Morgan fingerprint density at radius 1 is 1.03 bits per heavy atom. The molecule has 0 bridgehead atoms. The smallest absolute Gasteiger partial charge is 0.263 e. The fourth-order valence-corrected chi connectivity index (χ4v) is 7.37. The number of aromatic nitrogens is 2. The molecule has 5 nitrogen and oxygen atoms in total. The molecule has 3 heterocycles. The van der Waals surface area contributed by atoms with Gasteiger partial charge < -0.3 is 4.74 Å². The Bertz CT molecular complexity index is 975. The number of rotatable bonds is 4. The number of thioether (sulfide) groups is 1. The highest BCUT2D eigenvalue weighted by molar-refractivity contribution is 8.00. The van der Waals surface area contributed by atoms with Crippen molar-refractivity contribution in [3.05, 3.63) is 20.8 Å². The van der Waals surface area contributed by atoms with Crippen LogP contribution < -0.4 is 5.56 Å². The Balaban J connectivity index is 1.58. The molecule has 0 amide bonds. The molecule has 0 unspecified atom stereocenters. The molecule has 2 aromatic heterocycles. The normalized spacial score (nSPS) is 25.3. The van der Waals surface area contributed by atoms with Crippen LogP contribution in [-0.4, -0.2) is 33.3 Å². The predicted molar refractivity (Wildman–Crippen MR) is 117 cm³/mol. The SMILES string of the molecule is O=C1CCCCC[C@H]1Sc1nc2sc3c(c2c(=O)n1C[C@@H]1CCCO1)CCCC3. The summed E-state index contributed by atoms with van der Waals surface area (Å²) in [5, 5.41) is 1.48. The van der Waals surface area contributed by atoms with E-state index in [1.807, 2.05) is 4.57 Å². The highest BCUT2D eigenvalue weighted by atomic mass is 32.2. The lowest BCUT2D eigenvalue weighted by Crippen LogP contribution is -2.30. The number of fused-ring (bicyclic) bond motifs is 3. The number of carbonyl (C=O) groups is 1. The molecule has 7 heteroatoms. The first kappa shape index (κ1) is 19.8. The molecular weight excluding hydrogens is 404 g/mol. The van der Waals surface area contributed by atoms with E-state index in [1.54, 1.807) is 11.3 Å². The van der Waals surface area contributed by atoms with Gasteiger partial charge >= 0.3 is 0 Å². The standard InChI is InChI=1S/C22H28N2O3S2/c25-16-9-2-1-3-11-18(16)29-22-23-20-19(15-8-4-5-10-17(15)28-20)21(26)24(22)13-14-7-6-12-27-14/h14,18H,1-13H2/t14-,18+/m0/s1. The molecule has 0 N–H and O–H groups in total. The molecule has 2 atom stereocenters. The third kappa shape index (κ3) is 3.93. The van der Waals surface area contributed by atoms with E-state index in [2.05, 4.69) is 0 Å². The third-order valence-electron chi connectivity index (χ3n) is 6.45. The zero-order chi connectivity index (χ0) is 19.8. The van der Waals surface area contributed by atoms with Crippen LogP contribution in [0.15, 0.2) is 9.95 Å². The molecule has 0 spiro atoms. The number of ether oxygens (including phenoxy) is 1. The van der Waals surface area contributed by atoms with Gasteiger partial charge in [0.2, 0.25) is 0 Å². The second-order valence-corrected chi connectivity index (χ2v) is 10.8. The van der Waals surface area contributed by atoms with Crippen molar-refractivity contribution >= 4 is 39.1 Å². The summed E-state index contributed by atoms with van der Waals surface area (Å²) >= 11 is 3.22. The second-order valence-electron chi connectivity index (χ2n) is 8.51. The van der Waals surface area contributed by atoms with E-state index in [0.29, 0.717) is 18.7 Å². The number of thiophene rings is 1. The van der Waals surface area contributed by atoms with E-state index in [1.165, 1.54) is 28.6 Å². The van der Waals surface area contributed by atoms with E-state index in [9.17, 15) is 9.59 Å². The van der Waals surface area contributed by atoms with Crippen LogP contribution in [0.1, 0.15) is 68.2 Å². The van der Waals surface area contributed by atoms with Crippen molar-refractivity contribution in [1.82, 2.24) is 9.55 Å². The number of Topliss-reactive ketones (excluding diaryl/α,β-unsaturated/α-hetero) is 1. The first-order valence-electron chi connectivity index (χ1n) is 11.1. The highest BCUT2D eigenvalue weighted by Crippen LogP contribution is 2.36. The largest absolute Gasteiger partial charge is 0.376 e. The van der Waals surface area contributed by atoms with Gasteiger partial charge in [0.15, 0.2) is 5.16 Å². The molecule has 156 valence electrons. The minimum absolute atomic E-state index is 0.0746. The average Bonchev–Trinajstić information content (AvgIpc) is 3.31. The van der Waals surface area contributed by atoms with Crippen LogP contribution in [0, 0.1) is 0 Å². The van der Waals surface area contributed by atoms with E-state index in [4.69, 9.17) is 9.72 Å².